The van der Waals surface area contributed by atoms with E-state index in [0.717, 1.165) is 3.57 Å². The lowest BCUT2D eigenvalue weighted by molar-refractivity contribution is 0.233. The topological polar surface area (TPSA) is 70.6 Å². The highest BCUT2D eigenvalue weighted by Crippen LogP contribution is 2.14. The third kappa shape index (κ3) is 2.67. The average Bonchev–Trinajstić information content (AvgIpc) is 2.04. The van der Waals surface area contributed by atoms with E-state index in [-0.39, 0.29) is 5.96 Å². The number of nitrogens with one attached hydrogen (secondary N) is 1. The van der Waals surface area contributed by atoms with Crippen LogP contribution < -0.4 is 11.2 Å². The van der Waals surface area contributed by atoms with Gasteiger partial charge in [-0.05, 0) is 40.8 Å². The van der Waals surface area contributed by atoms with Gasteiger partial charge in [-0.3, -0.25) is 5.21 Å². The summed E-state index contributed by atoms with van der Waals surface area (Å²) in [7, 11) is 0. The molecule has 1 aromatic rings. The monoisotopic (exact) mass is 277 g/mol. The molecule has 5 heteroatoms. The number of guanidine groups is 1. The van der Waals surface area contributed by atoms with Crippen LogP contribution in [-0.2, 0) is 0 Å². The number of benzene rings is 1. The Balaban J connectivity index is 2.89. The van der Waals surface area contributed by atoms with E-state index >= 15 is 0 Å². The van der Waals surface area contributed by atoms with E-state index in [4.69, 9.17) is 10.9 Å². The summed E-state index contributed by atoms with van der Waals surface area (Å²) in [6.45, 7) is 0. The molecule has 0 amide bonds. The van der Waals surface area contributed by atoms with Crippen molar-refractivity contribution in [3.63, 3.8) is 0 Å². The van der Waals surface area contributed by atoms with Crippen LogP contribution in [0.2, 0.25) is 0 Å². The van der Waals surface area contributed by atoms with Crippen molar-refractivity contribution in [3.8, 4) is 0 Å². The summed E-state index contributed by atoms with van der Waals surface area (Å²) in [6, 6.07) is 7.46. The van der Waals surface area contributed by atoms with Gasteiger partial charge in [-0.25, -0.2) is 10.5 Å². The maximum absolute atomic E-state index is 8.36. The minimum absolute atomic E-state index is 0.0167. The molecular formula is C7H8IN3O. The number of rotatable bonds is 1. The van der Waals surface area contributed by atoms with Crippen molar-refractivity contribution in [2.45, 2.75) is 0 Å². The molecule has 0 fully saturated rings. The molecule has 1 rings (SSSR count). The Hall–Kier alpha value is -0.820. The summed E-state index contributed by atoms with van der Waals surface area (Å²) in [6.07, 6.45) is 0. The van der Waals surface area contributed by atoms with Gasteiger partial charge in [-0.1, -0.05) is 6.07 Å². The molecule has 4 nitrogen and oxygen atoms in total. The lowest BCUT2D eigenvalue weighted by Gasteiger charge is -1.97. The molecule has 0 aliphatic heterocycles. The van der Waals surface area contributed by atoms with Gasteiger partial charge in [0, 0.05) is 3.57 Å². The molecule has 0 aromatic heterocycles. The van der Waals surface area contributed by atoms with Crippen molar-refractivity contribution >= 4 is 34.2 Å². The van der Waals surface area contributed by atoms with E-state index in [1.54, 1.807) is 11.5 Å². The Morgan fingerprint density at radius 1 is 1.58 bits per heavy atom. The maximum Gasteiger partial charge on any atom is 0.218 e. The normalized spacial score (nSPS) is 11.3. The summed E-state index contributed by atoms with van der Waals surface area (Å²) in [5, 5.41) is 8.36. The fraction of sp³-hybridized carbons (Fsp3) is 0. The summed E-state index contributed by atoms with van der Waals surface area (Å²) in [4.78, 5) is 3.87. The van der Waals surface area contributed by atoms with Crippen LogP contribution in [0.1, 0.15) is 0 Å². The summed E-state index contributed by atoms with van der Waals surface area (Å²) in [5.41, 5.74) is 7.71. The van der Waals surface area contributed by atoms with Gasteiger partial charge in [0.1, 0.15) is 0 Å². The van der Waals surface area contributed by atoms with Crippen molar-refractivity contribution in [3.05, 3.63) is 27.8 Å². The minimum Gasteiger partial charge on any atom is -0.368 e. The molecule has 0 aliphatic rings. The fourth-order valence-corrected chi connectivity index (χ4v) is 1.24. The van der Waals surface area contributed by atoms with Crippen molar-refractivity contribution in [1.29, 1.82) is 0 Å². The average molecular weight is 277 g/mol. The zero-order chi connectivity index (χ0) is 8.97. The van der Waals surface area contributed by atoms with Gasteiger partial charge >= 0.3 is 0 Å². The molecule has 0 aliphatic carbocycles. The third-order valence-corrected chi connectivity index (χ3v) is 1.84. The first-order valence-corrected chi connectivity index (χ1v) is 4.30. The Labute approximate surface area is 83.6 Å². The highest BCUT2D eigenvalue weighted by Gasteiger charge is 1.91. The highest BCUT2D eigenvalue weighted by atomic mass is 127. The van der Waals surface area contributed by atoms with Crippen molar-refractivity contribution in [2.24, 2.45) is 10.7 Å². The third-order valence-electron chi connectivity index (χ3n) is 1.17. The van der Waals surface area contributed by atoms with E-state index in [2.05, 4.69) is 27.6 Å². The van der Waals surface area contributed by atoms with Gasteiger partial charge < -0.3 is 5.73 Å². The molecule has 0 saturated heterocycles. The van der Waals surface area contributed by atoms with Crippen molar-refractivity contribution in [2.75, 3.05) is 0 Å². The molecule has 0 heterocycles. The number of hydrogen-bond acceptors (Lipinski definition) is 2. The number of hydroxylamine groups is 1. The second-order valence-corrected chi connectivity index (χ2v) is 3.33. The van der Waals surface area contributed by atoms with Crippen LogP contribution in [0.3, 0.4) is 0 Å². The molecule has 0 bridgehead atoms. The van der Waals surface area contributed by atoms with Gasteiger partial charge in [0.2, 0.25) is 5.96 Å². The Bertz CT molecular complexity index is 300. The highest BCUT2D eigenvalue weighted by molar-refractivity contribution is 14.1. The number of aliphatic imine (C=N–C) groups is 1. The van der Waals surface area contributed by atoms with Gasteiger partial charge in [-0.2, -0.15) is 0 Å². The predicted octanol–water partition coefficient (Wildman–Crippen LogP) is 1.22. The first-order valence-electron chi connectivity index (χ1n) is 3.22. The molecule has 0 spiro atoms. The minimum atomic E-state index is -0.0167. The van der Waals surface area contributed by atoms with Crippen molar-refractivity contribution in [1.82, 2.24) is 5.48 Å². The molecule has 0 atom stereocenters. The summed E-state index contributed by atoms with van der Waals surface area (Å²) >= 11 is 2.17. The molecule has 0 unspecified atom stereocenters. The Morgan fingerprint density at radius 3 is 2.92 bits per heavy atom. The quantitative estimate of drug-likeness (QED) is 0.313. The zero-order valence-corrected chi connectivity index (χ0v) is 8.32. The van der Waals surface area contributed by atoms with Gasteiger partial charge in [-0.15, -0.1) is 0 Å². The van der Waals surface area contributed by atoms with E-state index in [9.17, 15) is 0 Å². The fourth-order valence-electron chi connectivity index (χ4n) is 0.710. The molecule has 12 heavy (non-hydrogen) atoms. The molecular weight excluding hydrogens is 269 g/mol. The number of nitrogens with two attached hydrogens (primary N) is 1. The van der Waals surface area contributed by atoms with E-state index in [1.165, 1.54) is 0 Å². The van der Waals surface area contributed by atoms with E-state index in [1.807, 2.05) is 18.2 Å². The van der Waals surface area contributed by atoms with Crippen LogP contribution in [0.15, 0.2) is 29.3 Å². The van der Waals surface area contributed by atoms with Gasteiger partial charge in [0.05, 0.1) is 5.69 Å². The number of halogens is 1. The SMILES string of the molecule is NC(=Nc1cccc(I)c1)NO. The molecule has 64 valence electrons. The Morgan fingerprint density at radius 2 is 2.33 bits per heavy atom. The van der Waals surface area contributed by atoms with Crippen LogP contribution in [0.25, 0.3) is 0 Å². The van der Waals surface area contributed by atoms with Gasteiger partial charge in [0.25, 0.3) is 0 Å². The first kappa shape index (κ1) is 9.27. The van der Waals surface area contributed by atoms with E-state index in [0.29, 0.717) is 5.69 Å². The molecule has 1 aromatic carbocycles. The van der Waals surface area contributed by atoms with Crippen molar-refractivity contribution < 1.29 is 5.21 Å². The second kappa shape index (κ2) is 4.27. The molecule has 0 saturated carbocycles. The van der Waals surface area contributed by atoms with Crippen LogP contribution in [-0.4, -0.2) is 11.2 Å². The summed E-state index contributed by atoms with van der Waals surface area (Å²) in [5.74, 6) is -0.0167. The van der Waals surface area contributed by atoms with Crippen LogP contribution in [0.4, 0.5) is 5.69 Å². The smallest absolute Gasteiger partial charge is 0.218 e. The van der Waals surface area contributed by atoms with Crippen LogP contribution in [0, 0.1) is 3.57 Å². The Kier molecular flexibility index (Phi) is 3.30. The first-order chi connectivity index (χ1) is 5.72. The standard InChI is InChI=1S/C7H8IN3O/c8-5-2-1-3-6(4-5)10-7(9)11-12/h1-4,12H,(H3,9,10,11). The zero-order valence-electron chi connectivity index (χ0n) is 6.16. The largest absolute Gasteiger partial charge is 0.368 e. The maximum atomic E-state index is 8.36. The molecule has 0 radical (unpaired) electrons. The number of nitrogens with zero attached hydrogens (tertiary/aromatic N) is 1. The lowest BCUT2D eigenvalue weighted by Crippen LogP contribution is -2.27. The summed E-state index contributed by atoms with van der Waals surface area (Å²) < 4.78 is 1.07. The van der Waals surface area contributed by atoms with Gasteiger partial charge in [0.15, 0.2) is 0 Å². The molecule has 4 N–H and O–H groups in total. The lowest BCUT2D eigenvalue weighted by atomic mass is 10.3. The second-order valence-electron chi connectivity index (χ2n) is 2.09. The predicted molar refractivity (Wildman–Crippen MR) is 55.4 cm³/mol. The van der Waals surface area contributed by atoms with Crippen LogP contribution in [0.5, 0.6) is 0 Å². The van der Waals surface area contributed by atoms with Crippen LogP contribution >= 0.6 is 22.6 Å². The number of hydrogen-bond donors (Lipinski definition) is 3. The van der Waals surface area contributed by atoms with E-state index < -0.39 is 0 Å².